The topological polar surface area (TPSA) is 63.1 Å². The van der Waals surface area contributed by atoms with Crippen LogP contribution in [0.2, 0.25) is 0 Å². The minimum atomic E-state index is -0.884. The lowest BCUT2D eigenvalue weighted by atomic mass is 10.3. The average molecular weight is 198 g/mol. The van der Waals surface area contributed by atoms with E-state index in [9.17, 15) is 4.79 Å². The van der Waals surface area contributed by atoms with Gasteiger partial charge in [0.05, 0.1) is 24.5 Å². The molecule has 1 aromatic rings. The Kier molecular flexibility index (Phi) is 3.70. The summed E-state index contributed by atoms with van der Waals surface area (Å²) in [4.78, 5) is 18.3. The van der Waals surface area contributed by atoms with E-state index in [2.05, 4.69) is 9.97 Å². The Morgan fingerprint density at radius 3 is 2.77 bits per heavy atom. The van der Waals surface area contributed by atoms with Crippen LogP contribution < -0.4 is 0 Å². The van der Waals surface area contributed by atoms with Crippen molar-refractivity contribution in [3.05, 3.63) is 18.1 Å². The molecule has 0 spiro atoms. The summed E-state index contributed by atoms with van der Waals surface area (Å²) in [6.45, 7) is 2.03. The van der Waals surface area contributed by atoms with Crippen LogP contribution in [0.4, 0.5) is 0 Å². The molecule has 0 aliphatic carbocycles. The van der Waals surface area contributed by atoms with Crippen LogP contribution in [0.15, 0.2) is 17.4 Å². The molecule has 0 aromatic carbocycles. The molecular weight excluding hydrogens is 188 g/mol. The van der Waals surface area contributed by atoms with Crippen LogP contribution in [0.1, 0.15) is 12.6 Å². The van der Waals surface area contributed by atoms with Crippen LogP contribution in [-0.4, -0.2) is 26.8 Å². The highest BCUT2D eigenvalue weighted by atomic mass is 32.2. The van der Waals surface area contributed by atoms with Gasteiger partial charge in [-0.2, -0.15) is 0 Å². The molecule has 0 saturated carbocycles. The number of carboxylic acids is 1. The molecule has 0 radical (unpaired) electrons. The third-order valence-corrected chi connectivity index (χ3v) is 2.10. The number of aromatic nitrogens is 2. The fourth-order valence-corrected chi connectivity index (χ4v) is 1.36. The number of hydrogen-bond acceptors (Lipinski definition) is 4. The SMILES string of the molecule is CCSc1cnc(CC(=O)O)cn1. The highest BCUT2D eigenvalue weighted by Gasteiger charge is 2.02. The van der Waals surface area contributed by atoms with Crippen LogP contribution in [-0.2, 0) is 11.2 Å². The lowest BCUT2D eigenvalue weighted by molar-refractivity contribution is -0.136. The van der Waals surface area contributed by atoms with Crippen molar-refractivity contribution >= 4 is 17.7 Å². The summed E-state index contributed by atoms with van der Waals surface area (Å²) in [5.74, 6) is 0.0534. The van der Waals surface area contributed by atoms with Gasteiger partial charge in [-0.3, -0.25) is 9.78 Å². The van der Waals surface area contributed by atoms with Crippen molar-refractivity contribution in [1.29, 1.82) is 0 Å². The number of aliphatic carboxylic acids is 1. The molecule has 1 aromatic heterocycles. The summed E-state index contributed by atoms with van der Waals surface area (Å²) >= 11 is 1.58. The maximum absolute atomic E-state index is 10.3. The first-order chi connectivity index (χ1) is 6.22. The number of hydrogen-bond donors (Lipinski definition) is 1. The van der Waals surface area contributed by atoms with Crippen molar-refractivity contribution in [3.63, 3.8) is 0 Å². The molecule has 0 bridgehead atoms. The molecule has 4 nitrogen and oxygen atoms in total. The zero-order chi connectivity index (χ0) is 9.68. The van der Waals surface area contributed by atoms with E-state index in [1.165, 1.54) is 6.20 Å². The van der Waals surface area contributed by atoms with E-state index in [0.29, 0.717) is 5.69 Å². The second-order valence-corrected chi connectivity index (χ2v) is 3.63. The molecule has 1 rings (SSSR count). The molecule has 1 N–H and O–H groups in total. The van der Waals surface area contributed by atoms with Crippen molar-refractivity contribution in [2.75, 3.05) is 5.75 Å². The van der Waals surface area contributed by atoms with Crippen LogP contribution in [0.25, 0.3) is 0 Å². The summed E-state index contributed by atoms with van der Waals surface area (Å²) in [6.07, 6.45) is 3.04. The molecule has 0 aliphatic heterocycles. The Morgan fingerprint density at radius 2 is 2.31 bits per heavy atom. The van der Waals surface area contributed by atoms with E-state index in [-0.39, 0.29) is 6.42 Å². The second-order valence-electron chi connectivity index (χ2n) is 2.35. The highest BCUT2D eigenvalue weighted by Crippen LogP contribution is 2.12. The highest BCUT2D eigenvalue weighted by molar-refractivity contribution is 7.99. The predicted octanol–water partition coefficient (Wildman–Crippen LogP) is 1.22. The molecular formula is C8H10N2O2S. The van der Waals surface area contributed by atoms with Gasteiger partial charge in [0, 0.05) is 0 Å². The van der Waals surface area contributed by atoms with Crippen molar-refractivity contribution < 1.29 is 9.90 Å². The summed E-state index contributed by atoms with van der Waals surface area (Å²) in [5, 5.41) is 9.30. The van der Waals surface area contributed by atoms with E-state index in [4.69, 9.17) is 5.11 Å². The number of carbonyl (C=O) groups is 1. The minimum absolute atomic E-state index is 0.0654. The third kappa shape index (κ3) is 3.42. The van der Waals surface area contributed by atoms with Crippen LogP contribution >= 0.6 is 11.8 Å². The van der Waals surface area contributed by atoms with Gasteiger partial charge in [-0.1, -0.05) is 6.92 Å². The monoisotopic (exact) mass is 198 g/mol. The largest absolute Gasteiger partial charge is 0.481 e. The van der Waals surface area contributed by atoms with Gasteiger partial charge in [0.2, 0.25) is 0 Å². The summed E-state index contributed by atoms with van der Waals surface area (Å²) < 4.78 is 0. The van der Waals surface area contributed by atoms with Crippen LogP contribution in [0.3, 0.4) is 0 Å². The zero-order valence-electron chi connectivity index (χ0n) is 7.23. The van der Waals surface area contributed by atoms with E-state index < -0.39 is 5.97 Å². The minimum Gasteiger partial charge on any atom is -0.481 e. The first kappa shape index (κ1) is 9.98. The lowest BCUT2D eigenvalue weighted by Gasteiger charge is -1.98. The summed E-state index contributed by atoms with van der Waals surface area (Å²) in [7, 11) is 0. The Hall–Kier alpha value is -1.10. The smallest absolute Gasteiger partial charge is 0.309 e. The molecule has 13 heavy (non-hydrogen) atoms. The molecule has 0 aliphatic rings. The van der Waals surface area contributed by atoms with Crippen molar-refractivity contribution in [2.45, 2.75) is 18.4 Å². The average Bonchev–Trinajstić information content (AvgIpc) is 2.08. The molecule has 70 valence electrons. The fraction of sp³-hybridized carbons (Fsp3) is 0.375. The summed E-state index contributed by atoms with van der Waals surface area (Å²) in [6, 6.07) is 0. The maximum Gasteiger partial charge on any atom is 0.309 e. The quantitative estimate of drug-likeness (QED) is 0.737. The second kappa shape index (κ2) is 4.81. The third-order valence-electron chi connectivity index (χ3n) is 1.31. The molecule has 1 heterocycles. The summed E-state index contributed by atoms with van der Waals surface area (Å²) in [5.41, 5.74) is 0.493. The molecule has 0 saturated heterocycles. The van der Waals surface area contributed by atoms with Gasteiger partial charge in [-0.15, -0.1) is 11.8 Å². The van der Waals surface area contributed by atoms with E-state index in [1.807, 2.05) is 6.92 Å². The van der Waals surface area contributed by atoms with Crippen molar-refractivity contribution in [2.24, 2.45) is 0 Å². The van der Waals surface area contributed by atoms with Gasteiger partial charge in [-0.05, 0) is 5.75 Å². The van der Waals surface area contributed by atoms with Gasteiger partial charge < -0.3 is 5.11 Å². The zero-order valence-corrected chi connectivity index (χ0v) is 8.04. The maximum atomic E-state index is 10.3. The Morgan fingerprint density at radius 1 is 1.54 bits per heavy atom. The van der Waals surface area contributed by atoms with Gasteiger partial charge in [0.1, 0.15) is 5.03 Å². The first-order valence-corrected chi connectivity index (χ1v) is 4.86. The van der Waals surface area contributed by atoms with E-state index in [1.54, 1.807) is 18.0 Å². The Bertz CT molecular complexity index is 287. The van der Waals surface area contributed by atoms with Crippen LogP contribution in [0, 0.1) is 0 Å². The molecule has 5 heteroatoms. The first-order valence-electron chi connectivity index (χ1n) is 3.88. The van der Waals surface area contributed by atoms with E-state index >= 15 is 0 Å². The predicted molar refractivity (Wildman–Crippen MR) is 49.8 cm³/mol. The standard InChI is InChI=1S/C8H10N2O2S/c1-2-13-7-5-9-6(4-10-7)3-8(11)12/h4-5H,2-3H2,1H3,(H,11,12). The van der Waals surface area contributed by atoms with Gasteiger partial charge in [-0.25, -0.2) is 4.98 Å². The van der Waals surface area contributed by atoms with Gasteiger partial charge in [0.25, 0.3) is 0 Å². The molecule has 0 amide bonds. The molecule has 0 atom stereocenters. The number of rotatable bonds is 4. The molecule has 0 fully saturated rings. The normalized spacial score (nSPS) is 9.92. The van der Waals surface area contributed by atoms with E-state index in [0.717, 1.165) is 10.8 Å². The Labute approximate surface area is 80.4 Å². The van der Waals surface area contributed by atoms with Gasteiger partial charge >= 0.3 is 5.97 Å². The lowest BCUT2D eigenvalue weighted by Crippen LogP contribution is -2.02. The van der Waals surface area contributed by atoms with Crippen molar-refractivity contribution in [1.82, 2.24) is 9.97 Å². The van der Waals surface area contributed by atoms with Gasteiger partial charge in [0.15, 0.2) is 0 Å². The number of nitrogens with zero attached hydrogens (tertiary/aromatic N) is 2. The fourth-order valence-electron chi connectivity index (χ4n) is 0.812. The Balaban J connectivity index is 2.64. The van der Waals surface area contributed by atoms with Crippen molar-refractivity contribution in [3.8, 4) is 0 Å². The number of thioether (sulfide) groups is 1. The number of carboxylic acid groups (broad SMARTS) is 1. The molecule has 0 unspecified atom stereocenters. The van der Waals surface area contributed by atoms with Crippen LogP contribution in [0.5, 0.6) is 0 Å².